The van der Waals surface area contributed by atoms with Crippen molar-refractivity contribution in [3.63, 3.8) is 0 Å². The van der Waals surface area contributed by atoms with Crippen molar-refractivity contribution >= 4 is 29.1 Å². The van der Waals surface area contributed by atoms with E-state index in [9.17, 15) is 14.9 Å². The van der Waals surface area contributed by atoms with Gasteiger partial charge in [0.05, 0.1) is 16.1 Å². The van der Waals surface area contributed by atoms with Gasteiger partial charge in [-0.2, -0.15) is 0 Å². The summed E-state index contributed by atoms with van der Waals surface area (Å²) in [5.41, 5.74) is 3.86. The molecule has 0 N–H and O–H groups in total. The molecule has 8 heteroatoms. The molecule has 2 aliphatic heterocycles. The first kappa shape index (κ1) is 22.1. The standard InChI is InChI=1S/C26H21ClN2O5/c1-16-12-22-20(14-28(15-33-22)11-10-18-4-2-3-5-21(18)27)26-24(16)25(30)23(34-26)13-17-6-8-19(9-7-17)29(31)32/h2-9,12-13H,10-11,14-15H2,1H3/b23-13-. The highest BCUT2D eigenvalue weighted by atomic mass is 35.5. The average Bonchev–Trinajstić information content (AvgIpc) is 3.16. The van der Waals surface area contributed by atoms with E-state index in [1.165, 1.54) is 12.1 Å². The van der Waals surface area contributed by atoms with Crippen molar-refractivity contribution in [1.82, 2.24) is 4.90 Å². The number of hydrogen-bond acceptors (Lipinski definition) is 6. The molecule has 0 atom stereocenters. The summed E-state index contributed by atoms with van der Waals surface area (Å²) in [6.45, 7) is 3.63. The second kappa shape index (κ2) is 8.93. The third kappa shape index (κ3) is 4.16. The largest absolute Gasteiger partial charge is 0.478 e. The highest BCUT2D eigenvalue weighted by molar-refractivity contribution is 6.31. The highest BCUT2D eigenvalue weighted by Crippen LogP contribution is 2.44. The molecule has 172 valence electrons. The predicted octanol–water partition coefficient (Wildman–Crippen LogP) is 5.57. The number of ketones is 1. The lowest BCUT2D eigenvalue weighted by Gasteiger charge is -2.30. The van der Waals surface area contributed by atoms with Gasteiger partial charge in [0.15, 0.2) is 5.76 Å². The number of aryl methyl sites for hydroxylation is 1. The lowest BCUT2D eigenvalue weighted by atomic mass is 9.98. The number of fused-ring (bicyclic) bond motifs is 3. The number of nitro groups is 1. The molecule has 0 fully saturated rings. The van der Waals surface area contributed by atoms with E-state index in [0.717, 1.165) is 40.4 Å². The summed E-state index contributed by atoms with van der Waals surface area (Å²) in [4.78, 5) is 25.7. The summed E-state index contributed by atoms with van der Waals surface area (Å²) in [7, 11) is 0. The number of non-ortho nitro benzene ring substituents is 1. The van der Waals surface area contributed by atoms with Crippen LogP contribution in [0.1, 0.15) is 32.6 Å². The molecule has 3 aromatic rings. The maximum absolute atomic E-state index is 13.1. The molecule has 0 saturated carbocycles. The molecule has 0 bridgehead atoms. The average molecular weight is 477 g/mol. The lowest BCUT2D eigenvalue weighted by Crippen LogP contribution is -2.34. The van der Waals surface area contributed by atoms with Crippen LogP contribution in [0.3, 0.4) is 0 Å². The van der Waals surface area contributed by atoms with E-state index in [4.69, 9.17) is 21.1 Å². The van der Waals surface area contributed by atoms with Crippen LogP contribution in [0.25, 0.3) is 6.08 Å². The molecule has 2 heterocycles. The molecule has 0 unspecified atom stereocenters. The van der Waals surface area contributed by atoms with Crippen molar-refractivity contribution in [3.8, 4) is 11.5 Å². The number of allylic oxidation sites excluding steroid dienone is 1. The molecule has 0 radical (unpaired) electrons. The van der Waals surface area contributed by atoms with Crippen molar-refractivity contribution in [2.24, 2.45) is 0 Å². The first-order chi connectivity index (χ1) is 16.4. The normalized spacial score (nSPS) is 16.1. The first-order valence-electron chi connectivity index (χ1n) is 10.8. The van der Waals surface area contributed by atoms with E-state index in [-0.39, 0.29) is 17.2 Å². The molecule has 7 nitrogen and oxygen atoms in total. The van der Waals surface area contributed by atoms with E-state index in [0.29, 0.717) is 30.2 Å². The van der Waals surface area contributed by atoms with Crippen molar-refractivity contribution in [1.29, 1.82) is 0 Å². The van der Waals surface area contributed by atoms with Crippen LogP contribution >= 0.6 is 11.6 Å². The molecular formula is C26H21ClN2O5. The zero-order valence-corrected chi connectivity index (χ0v) is 19.2. The van der Waals surface area contributed by atoms with Crippen LogP contribution in [0, 0.1) is 17.0 Å². The Balaban J connectivity index is 1.39. The van der Waals surface area contributed by atoms with Gasteiger partial charge >= 0.3 is 0 Å². The second-order valence-electron chi connectivity index (χ2n) is 8.33. The number of carbonyl (C=O) groups excluding carboxylic acids is 1. The van der Waals surface area contributed by atoms with Crippen LogP contribution in [0.4, 0.5) is 5.69 Å². The Morgan fingerprint density at radius 3 is 2.68 bits per heavy atom. The zero-order valence-electron chi connectivity index (χ0n) is 18.4. The van der Waals surface area contributed by atoms with Crippen molar-refractivity contribution in [2.75, 3.05) is 13.3 Å². The monoisotopic (exact) mass is 476 g/mol. The molecule has 34 heavy (non-hydrogen) atoms. The maximum Gasteiger partial charge on any atom is 0.269 e. The summed E-state index contributed by atoms with van der Waals surface area (Å²) in [6.07, 6.45) is 2.38. The van der Waals surface area contributed by atoms with Crippen LogP contribution in [-0.4, -0.2) is 28.9 Å². The molecular weight excluding hydrogens is 456 g/mol. The number of ether oxygens (including phenoxy) is 2. The van der Waals surface area contributed by atoms with E-state index in [1.807, 2.05) is 37.3 Å². The fourth-order valence-electron chi connectivity index (χ4n) is 4.24. The third-order valence-corrected chi connectivity index (χ3v) is 6.41. The number of nitrogens with zero attached hydrogens (tertiary/aromatic N) is 2. The summed E-state index contributed by atoms with van der Waals surface area (Å²) in [6, 6.07) is 15.6. The summed E-state index contributed by atoms with van der Waals surface area (Å²) < 4.78 is 12.1. The van der Waals surface area contributed by atoms with Gasteiger partial charge < -0.3 is 9.47 Å². The smallest absolute Gasteiger partial charge is 0.269 e. The fraction of sp³-hybridized carbons (Fsp3) is 0.192. The van der Waals surface area contributed by atoms with E-state index in [1.54, 1.807) is 18.2 Å². The van der Waals surface area contributed by atoms with Gasteiger partial charge in [0.2, 0.25) is 5.78 Å². The van der Waals surface area contributed by atoms with Crippen LogP contribution in [0.2, 0.25) is 5.02 Å². The Morgan fingerprint density at radius 1 is 1.18 bits per heavy atom. The van der Waals surface area contributed by atoms with Gasteiger partial charge in [-0.15, -0.1) is 0 Å². The van der Waals surface area contributed by atoms with Crippen LogP contribution < -0.4 is 9.47 Å². The number of carbonyl (C=O) groups is 1. The predicted molar refractivity (Wildman–Crippen MR) is 128 cm³/mol. The second-order valence-corrected chi connectivity index (χ2v) is 8.74. The summed E-state index contributed by atoms with van der Waals surface area (Å²) >= 11 is 6.29. The van der Waals surface area contributed by atoms with Gasteiger partial charge in [-0.3, -0.25) is 19.8 Å². The molecule has 0 aromatic heterocycles. The fourth-order valence-corrected chi connectivity index (χ4v) is 4.47. The SMILES string of the molecule is Cc1cc2c(c3c1C(=O)/C(=C/c1ccc([N+](=O)[O-])cc1)O3)CN(CCc1ccccc1Cl)CO2. The van der Waals surface area contributed by atoms with Gasteiger partial charge in [0, 0.05) is 30.2 Å². The van der Waals surface area contributed by atoms with E-state index < -0.39 is 4.92 Å². The molecule has 2 aliphatic rings. The van der Waals surface area contributed by atoms with Crippen LogP contribution in [0.5, 0.6) is 11.5 Å². The van der Waals surface area contributed by atoms with Crippen molar-refractivity contribution < 1.29 is 19.2 Å². The quantitative estimate of drug-likeness (QED) is 0.272. The van der Waals surface area contributed by atoms with Gasteiger partial charge in [-0.25, -0.2) is 0 Å². The minimum Gasteiger partial charge on any atom is -0.478 e. The number of benzene rings is 3. The lowest BCUT2D eigenvalue weighted by molar-refractivity contribution is -0.384. The maximum atomic E-state index is 13.1. The Hall–Kier alpha value is -3.68. The van der Waals surface area contributed by atoms with E-state index >= 15 is 0 Å². The number of nitro benzene ring substituents is 1. The highest BCUT2D eigenvalue weighted by Gasteiger charge is 2.35. The Bertz CT molecular complexity index is 1330. The van der Waals surface area contributed by atoms with Gasteiger partial charge in [0.25, 0.3) is 5.69 Å². The van der Waals surface area contributed by atoms with Crippen molar-refractivity contribution in [3.05, 3.63) is 103 Å². The Kier molecular flexibility index (Phi) is 5.81. The van der Waals surface area contributed by atoms with E-state index in [2.05, 4.69) is 4.90 Å². The number of hydrogen-bond donors (Lipinski definition) is 0. The molecule has 5 rings (SSSR count). The van der Waals surface area contributed by atoms with Gasteiger partial charge in [0.1, 0.15) is 18.2 Å². The first-order valence-corrected chi connectivity index (χ1v) is 11.2. The molecule has 0 aliphatic carbocycles. The van der Waals surface area contributed by atoms with Crippen molar-refractivity contribution in [2.45, 2.75) is 19.9 Å². The number of rotatable bonds is 5. The zero-order chi connectivity index (χ0) is 23.8. The minimum absolute atomic E-state index is 0.0111. The topological polar surface area (TPSA) is 81.9 Å². The summed E-state index contributed by atoms with van der Waals surface area (Å²) in [5, 5.41) is 11.6. The Labute approximate surface area is 201 Å². The molecule has 0 spiro atoms. The number of halogens is 1. The third-order valence-electron chi connectivity index (χ3n) is 6.04. The molecule has 0 saturated heterocycles. The number of Topliss-reactive ketones (excluding diaryl/α,β-unsaturated/α-hetero) is 1. The minimum atomic E-state index is -0.461. The van der Waals surface area contributed by atoms with Crippen LogP contribution in [0.15, 0.2) is 60.4 Å². The molecule has 0 amide bonds. The van der Waals surface area contributed by atoms with Gasteiger partial charge in [-0.05, 0) is 60.4 Å². The summed E-state index contributed by atoms with van der Waals surface area (Å²) in [5.74, 6) is 1.22. The Morgan fingerprint density at radius 2 is 1.94 bits per heavy atom. The van der Waals surface area contributed by atoms with Crippen LogP contribution in [-0.2, 0) is 13.0 Å². The van der Waals surface area contributed by atoms with Gasteiger partial charge in [-0.1, -0.05) is 29.8 Å². The molecule has 3 aromatic carbocycles.